The van der Waals surface area contributed by atoms with E-state index in [2.05, 4.69) is 92.1 Å². The maximum absolute atomic E-state index is 7.42. The third-order valence-corrected chi connectivity index (χ3v) is 8.42. The van der Waals surface area contributed by atoms with Crippen molar-refractivity contribution in [3.63, 3.8) is 0 Å². The smallest absolute Gasteiger partial charge is 0.157 e. The van der Waals surface area contributed by atoms with E-state index in [9.17, 15) is 0 Å². The number of allylic oxidation sites excluding steroid dienone is 3. The number of hydrogen-bond acceptors (Lipinski definition) is 3. The molecule has 4 aromatic carbocycles. The van der Waals surface area contributed by atoms with Gasteiger partial charge in [0.1, 0.15) is 5.84 Å². The van der Waals surface area contributed by atoms with E-state index in [0.29, 0.717) is 18.2 Å². The molecule has 0 spiro atoms. The summed E-state index contributed by atoms with van der Waals surface area (Å²) in [5, 5.41) is 7.42. The van der Waals surface area contributed by atoms with Crippen molar-refractivity contribution in [2.24, 2.45) is 15.7 Å². The molecule has 0 bridgehead atoms. The van der Waals surface area contributed by atoms with Gasteiger partial charge in [-0.1, -0.05) is 117 Å². The summed E-state index contributed by atoms with van der Waals surface area (Å²) in [6.07, 6.45) is 8.34. The second-order valence-electron chi connectivity index (χ2n) is 11.5. The number of amidine groups is 2. The third kappa shape index (κ3) is 5.80. The van der Waals surface area contributed by atoms with E-state index in [1.807, 2.05) is 36.4 Å². The van der Waals surface area contributed by atoms with Gasteiger partial charge in [-0.05, 0) is 68.3 Å². The summed E-state index contributed by atoms with van der Waals surface area (Å²) in [6, 6.07) is 35.2. The lowest BCUT2D eigenvalue weighted by Gasteiger charge is -2.24. The summed E-state index contributed by atoms with van der Waals surface area (Å²) in [7, 11) is 0. The Morgan fingerprint density at radius 3 is 2.20 bits per heavy atom. The lowest BCUT2D eigenvalue weighted by molar-refractivity contribution is 0.659. The van der Waals surface area contributed by atoms with Crippen molar-refractivity contribution in [3.05, 3.63) is 168 Å². The summed E-state index contributed by atoms with van der Waals surface area (Å²) in [5.41, 5.74) is 18.3. The van der Waals surface area contributed by atoms with Crippen LogP contribution in [0.4, 0.5) is 0 Å². The number of aliphatic imine (C=N–C) groups is 2. The van der Waals surface area contributed by atoms with Gasteiger partial charge in [0.25, 0.3) is 0 Å². The van der Waals surface area contributed by atoms with Gasteiger partial charge >= 0.3 is 0 Å². The molecule has 0 amide bonds. The zero-order valence-electron chi connectivity index (χ0n) is 25.5. The van der Waals surface area contributed by atoms with E-state index >= 15 is 0 Å². The minimum atomic E-state index is -0.232. The molecule has 0 radical (unpaired) electrons. The summed E-state index contributed by atoms with van der Waals surface area (Å²) < 4.78 is 0. The first-order valence-corrected chi connectivity index (χ1v) is 15.0. The highest BCUT2D eigenvalue weighted by Gasteiger charge is 2.37. The number of nitrogens with zero attached hydrogens (tertiary/aromatic N) is 3. The van der Waals surface area contributed by atoms with Crippen molar-refractivity contribution < 1.29 is 0 Å². The van der Waals surface area contributed by atoms with Gasteiger partial charge in [0.05, 0.1) is 6.54 Å². The minimum Gasteiger partial charge on any atom is -0.383 e. The van der Waals surface area contributed by atoms with E-state index in [0.717, 1.165) is 39.0 Å². The van der Waals surface area contributed by atoms with E-state index in [4.69, 9.17) is 21.1 Å². The molecule has 3 N–H and O–H groups in total. The molecule has 220 valence electrons. The molecule has 0 saturated carbocycles. The maximum Gasteiger partial charge on any atom is 0.157 e. The Labute approximate surface area is 264 Å². The van der Waals surface area contributed by atoms with Crippen molar-refractivity contribution >= 4 is 23.5 Å². The molecule has 0 saturated heterocycles. The third-order valence-electron chi connectivity index (χ3n) is 8.42. The number of nitrogens with one attached hydrogen (secondary N) is 1. The lowest BCUT2D eigenvalue weighted by Crippen LogP contribution is -2.21. The topological polar surface area (TPSA) is 87.5 Å². The van der Waals surface area contributed by atoms with Gasteiger partial charge < -0.3 is 11.1 Å². The minimum absolute atomic E-state index is 0.232. The Hall–Kier alpha value is -5.68. The van der Waals surface area contributed by atoms with E-state index < -0.39 is 0 Å². The van der Waals surface area contributed by atoms with Gasteiger partial charge in [-0.25, -0.2) is 4.99 Å². The van der Waals surface area contributed by atoms with Gasteiger partial charge in [0.15, 0.2) is 5.84 Å². The van der Waals surface area contributed by atoms with Gasteiger partial charge in [0.2, 0.25) is 0 Å². The summed E-state index contributed by atoms with van der Waals surface area (Å²) in [5.74, 6) is 1.01. The molecule has 45 heavy (non-hydrogen) atoms. The first-order valence-electron chi connectivity index (χ1n) is 15.0. The fourth-order valence-electron chi connectivity index (χ4n) is 6.11. The maximum atomic E-state index is 7.42. The largest absolute Gasteiger partial charge is 0.383 e. The number of rotatable bonds is 8. The lowest BCUT2D eigenvalue weighted by atomic mass is 9.80. The van der Waals surface area contributed by atoms with Crippen LogP contribution in [0.3, 0.4) is 0 Å². The fraction of sp³-hybridized carbons (Fsp3) is 0.100. The molecule has 5 aromatic rings. The Balaban J connectivity index is 1.41. The van der Waals surface area contributed by atoms with Crippen molar-refractivity contribution in [2.75, 3.05) is 0 Å². The van der Waals surface area contributed by atoms with Crippen LogP contribution in [-0.4, -0.2) is 22.9 Å². The molecule has 1 aromatic heterocycles. The number of aromatic nitrogens is 1. The predicted molar refractivity (Wildman–Crippen MR) is 188 cm³/mol. The average Bonchev–Trinajstić information content (AvgIpc) is 3.32. The highest BCUT2D eigenvalue weighted by Crippen LogP contribution is 2.50. The zero-order valence-corrected chi connectivity index (χ0v) is 25.5. The van der Waals surface area contributed by atoms with Crippen LogP contribution >= 0.6 is 0 Å². The molecule has 5 nitrogen and oxygen atoms in total. The molecule has 0 atom stereocenters. The molecule has 1 aliphatic rings. The molecule has 5 heteroatoms. The second-order valence-corrected chi connectivity index (χ2v) is 11.5. The highest BCUT2D eigenvalue weighted by atomic mass is 15.0. The first kappa shape index (κ1) is 29.4. The SMILES string of the molecule is C=C/C(=C\C=N)c1ccc(CN=C(N=C(N)c2ccc(-c3ccncc3)cc2)c2cccc3c2C(C)(C)c2ccccc2-3)cc1. The molecular weight excluding hydrogens is 550 g/mol. The number of pyridine rings is 1. The molecule has 1 aliphatic carbocycles. The first-order chi connectivity index (χ1) is 21.9. The molecule has 1 heterocycles. The standard InChI is InChI=1S/C40H35N5/c1-4-28(20-23-41)29-14-12-27(13-15-29)26-44-39(45-38(42)32-18-16-30(17-19-32)31-21-24-43-25-22-31)35-10-7-9-34-33-8-5-6-11-36(33)40(2,3)37(34)35/h4-25,41H,1,26H2,2-3H3,(H2,42,44,45)/b28-20+,41-23?. The van der Waals surface area contributed by atoms with E-state index in [1.165, 1.54) is 28.5 Å². The number of hydrogen-bond donors (Lipinski definition) is 2. The molecule has 6 rings (SSSR count). The van der Waals surface area contributed by atoms with Crippen molar-refractivity contribution in [1.29, 1.82) is 5.41 Å². The Morgan fingerprint density at radius 1 is 0.822 bits per heavy atom. The van der Waals surface area contributed by atoms with Gasteiger partial charge in [0, 0.05) is 35.2 Å². The monoisotopic (exact) mass is 585 g/mol. The summed E-state index contributed by atoms with van der Waals surface area (Å²) in [4.78, 5) is 14.2. The van der Waals surface area contributed by atoms with E-state index in [1.54, 1.807) is 24.5 Å². The van der Waals surface area contributed by atoms with Crippen molar-refractivity contribution in [2.45, 2.75) is 25.8 Å². The zero-order chi connectivity index (χ0) is 31.4. The average molecular weight is 586 g/mol. The van der Waals surface area contributed by atoms with Crippen LogP contribution in [0.2, 0.25) is 0 Å². The highest BCUT2D eigenvalue weighted by molar-refractivity contribution is 6.12. The molecular formula is C40H35N5. The predicted octanol–water partition coefficient (Wildman–Crippen LogP) is 8.63. The Morgan fingerprint density at radius 2 is 1.49 bits per heavy atom. The van der Waals surface area contributed by atoms with Crippen LogP contribution in [-0.2, 0) is 12.0 Å². The molecule has 0 aliphatic heterocycles. The Kier molecular flexibility index (Phi) is 8.17. The van der Waals surface area contributed by atoms with Crippen LogP contribution in [0.15, 0.2) is 144 Å². The molecule has 0 fully saturated rings. The quantitative estimate of drug-likeness (QED) is 0.108. The van der Waals surface area contributed by atoms with Crippen LogP contribution < -0.4 is 5.73 Å². The van der Waals surface area contributed by atoms with Crippen LogP contribution in [0, 0.1) is 5.41 Å². The normalized spacial score (nSPS) is 14.0. The van der Waals surface area contributed by atoms with Crippen molar-refractivity contribution in [3.8, 4) is 22.3 Å². The van der Waals surface area contributed by atoms with E-state index in [-0.39, 0.29) is 5.41 Å². The summed E-state index contributed by atoms with van der Waals surface area (Å²) in [6.45, 7) is 8.84. The second kappa shape index (κ2) is 12.5. The van der Waals surface area contributed by atoms with Crippen LogP contribution in [0.5, 0.6) is 0 Å². The Bertz CT molecular complexity index is 1960. The number of fused-ring (bicyclic) bond motifs is 3. The van der Waals surface area contributed by atoms with Crippen LogP contribution in [0.25, 0.3) is 27.8 Å². The fourth-order valence-corrected chi connectivity index (χ4v) is 6.11. The van der Waals surface area contributed by atoms with Crippen molar-refractivity contribution in [1.82, 2.24) is 4.98 Å². The molecule has 0 unspecified atom stereocenters. The summed E-state index contributed by atoms with van der Waals surface area (Å²) >= 11 is 0. The number of benzene rings is 4. The van der Waals surface area contributed by atoms with Gasteiger partial charge in [-0.3, -0.25) is 9.98 Å². The van der Waals surface area contributed by atoms with Gasteiger partial charge in [-0.15, -0.1) is 0 Å². The number of nitrogens with two attached hydrogens (primary N) is 1. The van der Waals surface area contributed by atoms with Gasteiger partial charge in [-0.2, -0.15) is 0 Å². The van der Waals surface area contributed by atoms with Crippen LogP contribution in [0.1, 0.15) is 47.2 Å².